The van der Waals surface area contributed by atoms with E-state index < -0.39 is 25.0 Å². The van der Waals surface area contributed by atoms with Gasteiger partial charge in [-0.3, -0.25) is 9.59 Å². The standard InChI is InChI=1S/C7H8ClN5O4/c8-5-11-6(9-1-3(14)15)13-7(12-5)10-2-4(16)17/h1-2H2,(H,14,15)(H,16,17)(H2,9,10,11,12,13). The molecule has 0 aliphatic heterocycles. The molecule has 0 aliphatic rings. The van der Waals surface area contributed by atoms with E-state index in [0.29, 0.717) is 0 Å². The summed E-state index contributed by atoms with van der Waals surface area (Å²) in [7, 11) is 0. The number of aromatic nitrogens is 3. The van der Waals surface area contributed by atoms with Gasteiger partial charge in [0.25, 0.3) is 0 Å². The molecule has 0 aliphatic carbocycles. The average molecular weight is 262 g/mol. The van der Waals surface area contributed by atoms with Gasteiger partial charge in [0.05, 0.1) is 0 Å². The zero-order valence-electron chi connectivity index (χ0n) is 8.34. The molecule has 10 heteroatoms. The molecule has 92 valence electrons. The first-order chi connectivity index (χ1) is 7.97. The average Bonchev–Trinajstić information content (AvgIpc) is 2.23. The molecule has 0 radical (unpaired) electrons. The van der Waals surface area contributed by atoms with E-state index in [4.69, 9.17) is 21.8 Å². The van der Waals surface area contributed by atoms with Crippen LogP contribution in [-0.4, -0.2) is 50.2 Å². The van der Waals surface area contributed by atoms with Crippen LogP contribution in [0, 0.1) is 0 Å². The van der Waals surface area contributed by atoms with Crippen LogP contribution in [-0.2, 0) is 9.59 Å². The van der Waals surface area contributed by atoms with Crippen molar-refractivity contribution in [2.24, 2.45) is 0 Å². The van der Waals surface area contributed by atoms with Crippen LogP contribution < -0.4 is 10.6 Å². The first kappa shape index (κ1) is 12.9. The molecule has 0 spiro atoms. The van der Waals surface area contributed by atoms with Crippen LogP contribution in [0.5, 0.6) is 0 Å². The molecule has 0 aromatic carbocycles. The maximum Gasteiger partial charge on any atom is 0.322 e. The maximum atomic E-state index is 10.3. The van der Waals surface area contributed by atoms with Crippen molar-refractivity contribution in [2.75, 3.05) is 23.7 Å². The third-order valence-corrected chi connectivity index (χ3v) is 1.57. The van der Waals surface area contributed by atoms with Crippen molar-refractivity contribution in [1.82, 2.24) is 15.0 Å². The summed E-state index contributed by atoms with van der Waals surface area (Å²) in [5.41, 5.74) is 0. The van der Waals surface area contributed by atoms with E-state index in [1.54, 1.807) is 0 Å². The molecular formula is C7H8ClN5O4. The van der Waals surface area contributed by atoms with Crippen LogP contribution in [0.15, 0.2) is 0 Å². The fourth-order valence-corrected chi connectivity index (χ4v) is 0.978. The molecule has 0 saturated carbocycles. The number of aliphatic carboxylic acids is 2. The Labute approximate surface area is 99.9 Å². The lowest BCUT2D eigenvalue weighted by Gasteiger charge is -2.05. The predicted molar refractivity (Wildman–Crippen MR) is 57.1 cm³/mol. The zero-order valence-corrected chi connectivity index (χ0v) is 9.10. The number of hydrogen-bond acceptors (Lipinski definition) is 7. The van der Waals surface area contributed by atoms with Gasteiger partial charge in [0.2, 0.25) is 17.2 Å². The minimum atomic E-state index is -1.10. The normalized spacial score (nSPS) is 9.71. The summed E-state index contributed by atoms with van der Waals surface area (Å²) in [5.74, 6) is -2.30. The minimum absolute atomic E-state index is 0.0553. The summed E-state index contributed by atoms with van der Waals surface area (Å²) < 4.78 is 0. The Balaban J connectivity index is 2.71. The molecular weight excluding hydrogens is 254 g/mol. The monoisotopic (exact) mass is 261 g/mol. The van der Waals surface area contributed by atoms with E-state index in [0.717, 1.165) is 0 Å². The van der Waals surface area contributed by atoms with E-state index in [2.05, 4.69) is 25.6 Å². The van der Waals surface area contributed by atoms with E-state index in [1.165, 1.54) is 0 Å². The van der Waals surface area contributed by atoms with Gasteiger partial charge in [-0.05, 0) is 11.6 Å². The molecule has 1 rings (SSSR count). The minimum Gasteiger partial charge on any atom is -0.480 e. The molecule has 0 atom stereocenters. The van der Waals surface area contributed by atoms with Crippen LogP contribution in [0.25, 0.3) is 0 Å². The van der Waals surface area contributed by atoms with Gasteiger partial charge in [-0.15, -0.1) is 0 Å². The zero-order chi connectivity index (χ0) is 12.8. The molecule has 9 nitrogen and oxygen atoms in total. The first-order valence-corrected chi connectivity index (χ1v) is 4.68. The van der Waals surface area contributed by atoms with Crippen molar-refractivity contribution >= 4 is 35.4 Å². The van der Waals surface area contributed by atoms with Crippen molar-refractivity contribution in [3.8, 4) is 0 Å². The fraction of sp³-hybridized carbons (Fsp3) is 0.286. The smallest absolute Gasteiger partial charge is 0.322 e. The number of rotatable bonds is 6. The molecule has 4 N–H and O–H groups in total. The highest BCUT2D eigenvalue weighted by Crippen LogP contribution is 2.08. The topological polar surface area (TPSA) is 137 Å². The van der Waals surface area contributed by atoms with Crippen molar-refractivity contribution in [3.05, 3.63) is 5.28 Å². The van der Waals surface area contributed by atoms with Crippen molar-refractivity contribution < 1.29 is 19.8 Å². The highest BCUT2D eigenvalue weighted by molar-refractivity contribution is 6.28. The molecule has 0 unspecified atom stereocenters. The SMILES string of the molecule is O=C(O)CNc1nc(Cl)nc(NCC(=O)O)n1. The molecule has 1 heterocycles. The quantitative estimate of drug-likeness (QED) is 0.535. The lowest BCUT2D eigenvalue weighted by molar-refractivity contribution is -0.135. The van der Waals surface area contributed by atoms with Crippen LogP contribution in [0.2, 0.25) is 5.28 Å². The molecule has 0 amide bonds. The van der Waals surface area contributed by atoms with Crippen LogP contribution in [0.4, 0.5) is 11.9 Å². The Morgan fingerprint density at radius 1 is 1.00 bits per heavy atom. The van der Waals surface area contributed by atoms with Crippen molar-refractivity contribution in [2.45, 2.75) is 0 Å². The second-order valence-corrected chi connectivity index (χ2v) is 3.08. The van der Waals surface area contributed by atoms with Crippen LogP contribution in [0.3, 0.4) is 0 Å². The predicted octanol–water partition coefficient (Wildman–Crippen LogP) is -0.482. The lowest BCUT2D eigenvalue weighted by Crippen LogP contribution is -2.18. The number of hydrogen-bond donors (Lipinski definition) is 4. The molecule has 1 aromatic heterocycles. The number of nitrogens with zero attached hydrogens (tertiary/aromatic N) is 3. The first-order valence-electron chi connectivity index (χ1n) is 4.30. The van der Waals surface area contributed by atoms with Gasteiger partial charge in [-0.25, -0.2) is 0 Å². The Morgan fingerprint density at radius 2 is 1.41 bits per heavy atom. The summed E-state index contributed by atoms with van der Waals surface area (Å²) >= 11 is 5.54. The van der Waals surface area contributed by atoms with Crippen LogP contribution in [0.1, 0.15) is 0 Å². The van der Waals surface area contributed by atoms with Crippen LogP contribution >= 0.6 is 11.6 Å². The molecule has 1 aromatic rings. The van der Waals surface area contributed by atoms with Gasteiger partial charge in [0.1, 0.15) is 13.1 Å². The van der Waals surface area contributed by atoms with Gasteiger partial charge in [-0.2, -0.15) is 15.0 Å². The van der Waals surface area contributed by atoms with Gasteiger partial charge >= 0.3 is 11.9 Å². The third kappa shape index (κ3) is 4.93. The van der Waals surface area contributed by atoms with Gasteiger partial charge in [-0.1, -0.05) is 0 Å². The van der Waals surface area contributed by atoms with Gasteiger partial charge in [0, 0.05) is 0 Å². The fourth-order valence-electron chi connectivity index (χ4n) is 0.818. The highest BCUT2D eigenvalue weighted by Gasteiger charge is 2.07. The Hall–Kier alpha value is -2.16. The summed E-state index contributed by atoms with van der Waals surface area (Å²) in [5, 5.41) is 21.4. The Morgan fingerprint density at radius 3 is 1.76 bits per heavy atom. The number of carboxylic acid groups (broad SMARTS) is 2. The number of carboxylic acids is 2. The molecule has 17 heavy (non-hydrogen) atoms. The largest absolute Gasteiger partial charge is 0.480 e. The van der Waals surface area contributed by atoms with Crippen molar-refractivity contribution in [1.29, 1.82) is 0 Å². The van der Waals surface area contributed by atoms with E-state index in [1.807, 2.05) is 0 Å². The Bertz CT molecular complexity index is 404. The summed E-state index contributed by atoms with van der Waals surface area (Å²) in [6, 6.07) is 0. The van der Waals surface area contributed by atoms with Gasteiger partial charge in [0.15, 0.2) is 0 Å². The number of halogens is 1. The second kappa shape index (κ2) is 5.80. The number of nitrogens with one attached hydrogen (secondary N) is 2. The lowest BCUT2D eigenvalue weighted by atomic mass is 10.6. The Kier molecular flexibility index (Phi) is 4.40. The van der Waals surface area contributed by atoms with Gasteiger partial charge < -0.3 is 20.8 Å². The van der Waals surface area contributed by atoms with E-state index in [9.17, 15) is 9.59 Å². The van der Waals surface area contributed by atoms with E-state index >= 15 is 0 Å². The highest BCUT2D eigenvalue weighted by atomic mass is 35.5. The second-order valence-electron chi connectivity index (χ2n) is 2.75. The third-order valence-electron chi connectivity index (χ3n) is 1.40. The summed E-state index contributed by atoms with van der Waals surface area (Å²) in [4.78, 5) is 31.5. The molecule has 0 bridgehead atoms. The molecule has 0 saturated heterocycles. The number of anilines is 2. The number of carbonyl (C=O) groups is 2. The van der Waals surface area contributed by atoms with Crippen molar-refractivity contribution in [3.63, 3.8) is 0 Å². The molecule has 0 fully saturated rings. The maximum absolute atomic E-state index is 10.3. The summed E-state index contributed by atoms with van der Waals surface area (Å²) in [6.45, 7) is -0.780. The van der Waals surface area contributed by atoms with E-state index in [-0.39, 0.29) is 17.2 Å². The summed E-state index contributed by atoms with van der Waals surface area (Å²) in [6.07, 6.45) is 0.